The first kappa shape index (κ1) is 15.3. The highest BCUT2D eigenvalue weighted by atomic mass is 16.1. The summed E-state index contributed by atoms with van der Waals surface area (Å²) in [4.78, 5) is 11.8. The number of hydrogen-bond donors (Lipinski definition) is 2. The van der Waals surface area contributed by atoms with Gasteiger partial charge in [-0.1, -0.05) is 48.5 Å². The molecule has 0 spiro atoms. The minimum absolute atomic E-state index is 0.0202. The summed E-state index contributed by atoms with van der Waals surface area (Å²) in [5, 5.41) is 6.12. The summed E-state index contributed by atoms with van der Waals surface area (Å²) in [6.07, 6.45) is 0. The van der Waals surface area contributed by atoms with Crippen LogP contribution in [0.4, 0.5) is 0 Å². The molecular weight excluding hydrogens is 260 g/mol. The van der Waals surface area contributed by atoms with Gasteiger partial charge in [-0.2, -0.15) is 0 Å². The molecule has 0 heterocycles. The van der Waals surface area contributed by atoms with Crippen LogP contribution >= 0.6 is 0 Å². The van der Waals surface area contributed by atoms with Crippen LogP contribution in [0, 0.1) is 13.8 Å². The molecule has 0 aliphatic rings. The summed E-state index contributed by atoms with van der Waals surface area (Å²) >= 11 is 0. The van der Waals surface area contributed by atoms with Crippen LogP contribution in [0.2, 0.25) is 0 Å². The molecule has 2 aromatic rings. The van der Waals surface area contributed by atoms with Gasteiger partial charge in [-0.15, -0.1) is 0 Å². The Morgan fingerprint density at radius 3 is 1.95 bits per heavy atom. The normalized spacial score (nSPS) is 10.4. The van der Waals surface area contributed by atoms with Gasteiger partial charge >= 0.3 is 0 Å². The van der Waals surface area contributed by atoms with E-state index >= 15 is 0 Å². The van der Waals surface area contributed by atoms with Gasteiger partial charge < -0.3 is 10.6 Å². The maximum absolute atomic E-state index is 11.8. The zero-order valence-electron chi connectivity index (χ0n) is 12.6. The Morgan fingerprint density at radius 2 is 1.38 bits per heavy atom. The molecule has 0 saturated heterocycles. The second-order valence-corrected chi connectivity index (χ2v) is 5.23. The molecule has 1 amide bonds. The molecule has 21 heavy (non-hydrogen) atoms. The van der Waals surface area contributed by atoms with Crippen molar-refractivity contribution in [1.82, 2.24) is 10.6 Å². The molecule has 0 atom stereocenters. The highest BCUT2D eigenvalue weighted by Gasteiger charge is 2.03. The van der Waals surface area contributed by atoms with Gasteiger partial charge in [-0.25, -0.2) is 0 Å². The van der Waals surface area contributed by atoms with Gasteiger partial charge in [0.2, 0.25) is 5.91 Å². The van der Waals surface area contributed by atoms with Crippen molar-refractivity contribution >= 4 is 5.91 Å². The summed E-state index contributed by atoms with van der Waals surface area (Å²) < 4.78 is 0. The number of benzene rings is 2. The average molecular weight is 282 g/mol. The van der Waals surface area contributed by atoms with E-state index in [9.17, 15) is 4.79 Å². The van der Waals surface area contributed by atoms with Gasteiger partial charge in [0, 0.05) is 13.1 Å². The Bertz CT molecular complexity index is 608. The van der Waals surface area contributed by atoms with E-state index < -0.39 is 0 Å². The van der Waals surface area contributed by atoms with Crippen LogP contribution in [-0.4, -0.2) is 12.5 Å². The van der Waals surface area contributed by atoms with Crippen LogP contribution in [0.15, 0.2) is 48.5 Å². The number of nitrogens with one attached hydrogen (secondary N) is 2. The molecule has 0 bridgehead atoms. The van der Waals surface area contributed by atoms with Crippen molar-refractivity contribution in [3.05, 3.63) is 70.8 Å². The first-order valence-electron chi connectivity index (χ1n) is 7.23. The van der Waals surface area contributed by atoms with Crippen LogP contribution in [0.3, 0.4) is 0 Å². The molecule has 110 valence electrons. The molecule has 3 heteroatoms. The largest absolute Gasteiger partial charge is 0.351 e. The quantitative estimate of drug-likeness (QED) is 0.855. The van der Waals surface area contributed by atoms with E-state index in [-0.39, 0.29) is 5.91 Å². The van der Waals surface area contributed by atoms with Crippen molar-refractivity contribution in [3.63, 3.8) is 0 Å². The highest BCUT2D eigenvalue weighted by molar-refractivity contribution is 5.78. The third kappa shape index (κ3) is 4.72. The van der Waals surface area contributed by atoms with Gasteiger partial charge in [0.1, 0.15) is 0 Å². The maximum Gasteiger partial charge on any atom is 0.234 e. The molecule has 0 aromatic heterocycles. The number of amides is 1. The summed E-state index contributed by atoms with van der Waals surface area (Å²) in [7, 11) is 0. The number of hydrogen-bond acceptors (Lipinski definition) is 2. The number of rotatable bonds is 6. The van der Waals surface area contributed by atoms with Crippen molar-refractivity contribution in [2.24, 2.45) is 0 Å². The lowest BCUT2D eigenvalue weighted by Crippen LogP contribution is -2.33. The van der Waals surface area contributed by atoms with Gasteiger partial charge in [-0.05, 0) is 36.1 Å². The van der Waals surface area contributed by atoms with Gasteiger partial charge in [0.05, 0.1) is 6.54 Å². The Labute approximate surface area is 126 Å². The fraction of sp³-hybridized carbons (Fsp3) is 0.278. The fourth-order valence-corrected chi connectivity index (χ4v) is 2.18. The summed E-state index contributed by atoms with van der Waals surface area (Å²) in [6.45, 7) is 5.76. The Morgan fingerprint density at radius 1 is 0.857 bits per heavy atom. The van der Waals surface area contributed by atoms with Crippen molar-refractivity contribution < 1.29 is 4.79 Å². The average Bonchev–Trinajstić information content (AvgIpc) is 2.48. The molecule has 2 rings (SSSR count). The lowest BCUT2D eigenvalue weighted by molar-refractivity contribution is -0.120. The van der Waals surface area contributed by atoms with E-state index in [1.165, 1.54) is 16.7 Å². The van der Waals surface area contributed by atoms with Gasteiger partial charge in [0.15, 0.2) is 0 Å². The second-order valence-electron chi connectivity index (χ2n) is 5.23. The van der Waals surface area contributed by atoms with Crippen LogP contribution in [-0.2, 0) is 17.9 Å². The zero-order valence-corrected chi connectivity index (χ0v) is 12.6. The predicted octanol–water partition coefficient (Wildman–Crippen LogP) is 2.71. The van der Waals surface area contributed by atoms with Gasteiger partial charge in [-0.3, -0.25) is 4.79 Å². The number of aryl methyl sites for hydroxylation is 2. The van der Waals surface area contributed by atoms with Crippen LogP contribution in [0.25, 0.3) is 0 Å². The summed E-state index contributed by atoms with van der Waals surface area (Å²) in [6, 6.07) is 16.3. The molecule has 3 nitrogen and oxygen atoms in total. The molecule has 0 unspecified atom stereocenters. The first-order chi connectivity index (χ1) is 10.2. The molecule has 0 aliphatic heterocycles. The summed E-state index contributed by atoms with van der Waals surface area (Å²) in [5.74, 6) is 0.0202. The number of carbonyl (C=O) groups excluding carboxylic acids is 1. The van der Waals surface area contributed by atoms with Crippen molar-refractivity contribution in [2.45, 2.75) is 26.9 Å². The monoisotopic (exact) mass is 282 g/mol. The molecule has 0 fully saturated rings. The number of carbonyl (C=O) groups is 1. The standard InChI is InChI=1S/C18H22N2O/c1-14-7-3-5-9-16(14)11-19-13-18(21)20-12-17-10-6-4-8-15(17)2/h3-10,19H,11-13H2,1-2H3,(H,20,21). The molecule has 0 saturated carbocycles. The Kier molecular flexibility index (Phi) is 5.52. The van der Waals surface area contributed by atoms with E-state index in [4.69, 9.17) is 0 Å². The summed E-state index contributed by atoms with van der Waals surface area (Å²) in [5.41, 5.74) is 4.82. The lowest BCUT2D eigenvalue weighted by Gasteiger charge is -2.09. The van der Waals surface area contributed by atoms with E-state index in [1.807, 2.05) is 30.3 Å². The Hall–Kier alpha value is -2.13. The molecule has 0 aliphatic carbocycles. The Balaban J connectivity index is 1.73. The smallest absolute Gasteiger partial charge is 0.234 e. The highest BCUT2D eigenvalue weighted by Crippen LogP contribution is 2.06. The van der Waals surface area contributed by atoms with Crippen LogP contribution in [0.5, 0.6) is 0 Å². The van der Waals surface area contributed by atoms with Crippen LogP contribution < -0.4 is 10.6 Å². The first-order valence-corrected chi connectivity index (χ1v) is 7.23. The minimum atomic E-state index is 0.0202. The van der Waals surface area contributed by atoms with E-state index in [2.05, 4.69) is 42.7 Å². The SMILES string of the molecule is Cc1ccccc1CNCC(=O)NCc1ccccc1C. The molecule has 2 N–H and O–H groups in total. The van der Waals surface area contributed by atoms with Crippen molar-refractivity contribution in [3.8, 4) is 0 Å². The lowest BCUT2D eigenvalue weighted by atomic mass is 10.1. The van der Waals surface area contributed by atoms with E-state index in [0.29, 0.717) is 19.6 Å². The van der Waals surface area contributed by atoms with Crippen LogP contribution in [0.1, 0.15) is 22.3 Å². The predicted molar refractivity (Wildman–Crippen MR) is 85.9 cm³/mol. The van der Waals surface area contributed by atoms with Crippen molar-refractivity contribution in [1.29, 1.82) is 0 Å². The second kappa shape index (κ2) is 7.60. The van der Waals surface area contributed by atoms with Crippen molar-refractivity contribution in [2.75, 3.05) is 6.54 Å². The van der Waals surface area contributed by atoms with E-state index in [1.54, 1.807) is 0 Å². The fourth-order valence-electron chi connectivity index (χ4n) is 2.18. The zero-order chi connectivity index (χ0) is 15.1. The maximum atomic E-state index is 11.8. The molecule has 0 radical (unpaired) electrons. The molecule has 2 aromatic carbocycles. The topological polar surface area (TPSA) is 41.1 Å². The molecular formula is C18H22N2O. The third-order valence-corrected chi connectivity index (χ3v) is 3.60. The minimum Gasteiger partial charge on any atom is -0.351 e. The van der Waals surface area contributed by atoms with E-state index in [0.717, 1.165) is 5.56 Å². The van der Waals surface area contributed by atoms with Gasteiger partial charge in [0.25, 0.3) is 0 Å². The third-order valence-electron chi connectivity index (χ3n) is 3.60.